The molecule has 4 rings (SSSR count). The molecule has 0 aliphatic heterocycles. The molecule has 0 aromatic heterocycles. The van der Waals surface area contributed by atoms with Crippen molar-refractivity contribution in [1.82, 2.24) is 5.32 Å². The third-order valence-corrected chi connectivity index (χ3v) is 6.61. The molecule has 0 amide bonds. The molecule has 2 atom stereocenters. The summed E-state index contributed by atoms with van der Waals surface area (Å²) in [5.41, 5.74) is 1.79. The van der Waals surface area contributed by atoms with Crippen LogP contribution < -0.4 is 5.32 Å². The molecule has 3 N–H and O–H groups in total. The average Bonchev–Trinajstić information content (AvgIpc) is 3.36. The van der Waals surface area contributed by atoms with E-state index in [1.54, 1.807) is 6.07 Å². The molecule has 0 radical (unpaired) electrons. The first kappa shape index (κ1) is 15.5. The lowest BCUT2D eigenvalue weighted by atomic mass is 9.53. The van der Waals surface area contributed by atoms with E-state index in [0.717, 1.165) is 57.5 Å². The van der Waals surface area contributed by atoms with Crippen LogP contribution >= 0.6 is 0 Å². The number of aliphatic hydroxyl groups is 1. The summed E-state index contributed by atoms with van der Waals surface area (Å²) in [6.07, 6.45) is 9.79. The molecule has 0 spiro atoms. The first-order chi connectivity index (χ1) is 11.1. The maximum atomic E-state index is 11.5. The van der Waals surface area contributed by atoms with Crippen LogP contribution in [0.5, 0.6) is 5.75 Å². The molecule has 23 heavy (non-hydrogen) atoms. The highest BCUT2D eigenvalue weighted by atomic mass is 16.3. The van der Waals surface area contributed by atoms with E-state index in [4.69, 9.17) is 0 Å². The van der Waals surface area contributed by atoms with Crippen molar-refractivity contribution in [3.8, 4) is 5.75 Å². The molecule has 1 aromatic carbocycles. The molecule has 3 aliphatic carbocycles. The Labute approximate surface area is 139 Å². The van der Waals surface area contributed by atoms with Crippen LogP contribution in [0.3, 0.4) is 0 Å². The summed E-state index contributed by atoms with van der Waals surface area (Å²) in [4.78, 5) is 0. The van der Waals surface area contributed by atoms with E-state index in [1.807, 2.05) is 6.07 Å². The number of aromatic hydroxyl groups is 1. The SMILES string of the molecule is Oc1ccc2c(c1)[C@@]1(CCNCC3CC3)CCCC[C@@]1(O)CC2. The maximum Gasteiger partial charge on any atom is 0.115 e. The van der Waals surface area contributed by atoms with Gasteiger partial charge in [-0.25, -0.2) is 0 Å². The van der Waals surface area contributed by atoms with Gasteiger partial charge in [-0.2, -0.15) is 0 Å². The zero-order chi connectivity index (χ0) is 15.9. The molecule has 2 fully saturated rings. The Kier molecular flexibility index (Phi) is 3.89. The average molecular weight is 315 g/mol. The fourth-order valence-electron chi connectivity index (χ4n) is 5.06. The van der Waals surface area contributed by atoms with E-state index >= 15 is 0 Å². The van der Waals surface area contributed by atoms with Crippen LogP contribution in [0.2, 0.25) is 0 Å². The van der Waals surface area contributed by atoms with Gasteiger partial charge in [-0.3, -0.25) is 0 Å². The van der Waals surface area contributed by atoms with E-state index in [9.17, 15) is 10.2 Å². The van der Waals surface area contributed by atoms with Crippen LogP contribution in [-0.2, 0) is 11.8 Å². The van der Waals surface area contributed by atoms with Crippen molar-refractivity contribution < 1.29 is 10.2 Å². The zero-order valence-electron chi connectivity index (χ0n) is 14.0. The van der Waals surface area contributed by atoms with Crippen molar-refractivity contribution in [2.45, 2.75) is 68.8 Å². The largest absolute Gasteiger partial charge is 0.508 e. The van der Waals surface area contributed by atoms with Crippen LogP contribution in [0.15, 0.2) is 18.2 Å². The van der Waals surface area contributed by atoms with E-state index in [2.05, 4.69) is 11.4 Å². The predicted octanol–water partition coefficient (Wildman–Crippen LogP) is 3.27. The van der Waals surface area contributed by atoms with Crippen LogP contribution in [0.1, 0.15) is 62.5 Å². The fraction of sp³-hybridized carbons (Fsp3) is 0.700. The Morgan fingerprint density at radius 3 is 2.78 bits per heavy atom. The van der Waals surface area contributed by atoms with Crippen molar-refractivity contribution in [2.75, 3.05) is 13.1 Å². The normalized spacial score (nSPS) is 33.1. The number of aryl methyl sites for hydroxylation is 1. The molecule has 0 saturated heterocycles. The van der Waals surface area contributed by atoms with Crippen LogP contribution in [0.4, 0.5) is 0 Å². The standard InChI is InChI=1S/C20H29NO2/c22-17-6-5-16-7-10-20(23)9-2-1-8-19(20,18(16)13-17)11-12-21-14-15-3-4-15/h5-6,13,15,21-23H,1-4,7-12,14H2/t19-,20+/m0/s1. The summed E-state index contributed by atoms with van der Waals surface area (Å²) in [6.45, 7) is 2.09. The second kappa shape index (κ2) is 5.78. The van der Waals surface area contributed by atoms with Gasteiger partial charge in [-0.05, 0) is 87.2 Å². The van der Waals surface area contributed by atoms with Crippen molar-refractivity contribution in [3.05, 3.63) is 29.3 Å². The minimum absolute atomic E-state index is 0.172. The molecule has 1 aromatic rings. The molecule has 3 heteroatoms. The van der Waals surface area contributed by atoms with E-state index < -0.39 is 5.60 Å². The number of fused-ring (bicyclic) bond motifs is 3. The van der Waals surface area contributed by atoms with Gasteiger partial charge in [-0.1, -0.05) is 18.9 Å². The molecule has 3 nitrogen and oxygen atoms in total. The molecule has 126 valence electrons. The summed E-state index contributed by atoms with van der Waals surface area (Å²) < 4.78 is 0. The van der Waals surface area contributed by atoms with Gasteiger partial charge in [-0.15, -0.1) is 0 Å². The van der Waals surface area contributed by atoms with Crippen LogP contribution in [-0.4, -0.2) is 28.9 Å². The smallest absolute Gasteiger partial charge is 0.115 e. The molecule has 2 saturated carbocycles. The number of benzene rings is 1. The van der Waals surface area contributed by atoms with Gasteiger partial charge in [0.2, 0.25) is 0 Å². The summed E-state index contributed by atoms with van der Waals surface area (Å²) in [6, 6.07) is 5.80. The number of phenols is 1. The van der Waals surface area contributed by atoms with E-state index in [-0.39, 0.29) is 5.41 Å². The van der Waals surface area contributed by atoms with Gasteiger partial charge in [0.15, 0.2) is 0 Å². The maximum absolute atomic E-state index is 11.5. The third kappa shape index (κ3) is 2.68. The quantitative estimate of drug-likeness (QED) is 0.731. The van der Waals surface area contributed by atoms with Gasteiger partial charge in [0.1, 0.15) is 5.75 Å². The van der Waals surface area contributed by atoms with Gasteiger partial charge in [0.05, 0.1) is 5.60 Å². The molecular formula is C20H29NO2. The van der Waals surface area contributed by atoms with Crippen molar-refractivity contribution in [1.29, 1.82) is 0 Å². The number of hydrogen-bond donors (Lipinski definition) is 3. The first-order valence-electron chi connectivity index (χ1n) is 9.38. The fourth-order valence-corrected chi connectivity index (χ4v) is 5.06. The summed E-state index contributed by atoms with van der Waals surface area (Å²) >= 11 is 0. The lowest BCUT2D eigenvalue weighted by molar-refractivity contribution is -0.0869. The second-order valence-electron chi connectivity index (χ2n) is 8.06. The van der Waals surface area contributed by atoms with Crippen LogP contribution in [0.25, 0.3) is 0 Å². The highest BCUT2D eigenvalue weighted by Crippen LogP contribution is 2.55. The van der Waals surface area contributed by atoms with Crippen molar-refractivity contribution in [3.63, 3.8) is 0 Å². The Morgan fingerprint density at radius 1 is 1.13 bits per heavy atom. The Bertz CT molecular complexity index is 583. The third-order valence-electron chi connectivity index (χ3n) is 6.61. The lowest BCUT2D eigenvalue weighted by Crippen LogP contribution is -2.57. The topological polar surface area (TPSA) is 52.5 Å². The number of rotatable bonds is 5. The first-order valence-corrected chi connectivity index (χ1v) is 9.38. The van der Waals surface area contributed by atoms with Gasteiger partial charge in [0.25, 0.3) is 0 Å². The molecule has 0 unspecified atom stereocenters. The number of phenolic OH excluding ortho intramolecular Hbond substituents is 1. The van der Waals surface area contributed by atoms with Gasteiger partial charge >= 0.3 is 0 Å². The van der Waals surface area contributed by atoms with Gasteiger partial charge in [0, 0.05) is 5.41 Å². The van der Waals surface area contributed by atoms with Crippen molar-refractivity contribution >= 4 is 0 Å². The molecular weight excluding hydrogens is 286 g/mol. The number of hydrogen-bond acceptors (Lipinski definition) is 3. The van der Waals surface area contributed by atoms with Crippen LogP contribution in [0, 0.1) is 5.92 Å². The Morgan fingerprint density at radius 2 is 1.96 bits per heavy atom. The minimum Gasteiger partial charge on any atom is -0.508 e. The van der Waals surface area contributed by atoms with E-state index in [1.165, 1.54) is 30.4 Å². The van der Waals surface area contributed by atoms with Gasteiger partial charge < -0.3 is 15.5 Å². The summed E-state index contributed by atoms with van der Waals surface area (Å²) in [7, 11) is 0. The zero-order valence-corrected chi connectivity index (χ0v) is 14.0. The monoisotopic (exact) mass is 315 g/mol. The highest BCUT2D eigenvalue weighted by Gasteiger charge is 2.54. The summed E-state index contributed by atoms with van der Waals surface area (Å²) in [5.74, 6) is 1.23. The predicted molar refractivity (Wildman–Crippen MR) is 91.7 cm³/mol. The number of nitrogens with one attached hydrogen (secondary N) is 1. The summed E-state index contributed by atoms with van der Waals surface area (Å²) in [5, 5.41) is 25.1. The Balaban J connectivity index is 1.63. The second-order valence-corrected chi connectivity index (χ2v) is 8.06. The molecule has 0 bridgehead atoms. The Hall–Kier alpha value is -1.06. The van der Waals surface area contributed by atoms with E-state index in [0.29, 0.717) is 5.75 Å². The molecule has 3 aliphatic rings. The lowest BCUT2D eigenvalue weighted by Gasteiger charge is -2.55. The molecule has 0 heterocycles. The minimum atomic E-state index is -0.590. The highest BCUT2D eigenvalue weighted by molar-refractivity contribution is 5.45. The van der Waals surface area contributed by atoms with Crippen molar-refractivity contribution in [2.24, 2.45) is 5.92 Å².